The molecule has 0 saturated heterocycles. The highest BCUT2D eigenvalue weighted by Crippen LogP contribution is 2.32. The predicted octanol–water partition coefficient (Wildman–Crippen LogP) is 4.41. The van der Waals surface area contributed by atoms with E-state index < -0.39 is 17.6 Å². The number of rotatable bonds is 4. The summed E-state index contributed by atoms with van der Waals surface area (Å²) in [5, 5.41) is 5.47. The number of aromatic nitrogens is 1. The van der Waals surface area contributed by atoms with Crippen LogP contribution in [0, 0.1) is 5.82 Å². The molecule has 0 atom stereocenters. The van der Waals surface area contributed by atoms with Crippen LogP contribution in [0.5, 0.6) is 0 Å². The molecule has 112 valence electrons. The number of anilines is 3. The van der Waals surface area contributed by atoms with Gasteiger partial charge < -0.3 is 10.6 Å². The molecule has 1 heterocycles. The molecule has 2 N–H and O–H groups in total. The Kier molecular flexibility index (Phi) is 4.30. The topological polar surface area (TPSA) is 37.0 Å². The van der Waals surface area contributed by atoms with E-state index >= 15 is 0 Å². The Hall–Kier alpha value is -2.31. The number of hydrogen-bond donors (Lipinski definition) is 2. The van der Waals surface area contributed by atoms with E-state index in [1.165, 1.54) is 24.3 Å². The maximum absolute atomic E-state index is 12.8. The van der Waals surface area contributed by atoms with Crippen molar-refractivity contribution in [3.05, 3.63) is 47.8 Å². The van der Waals surface area contributed by atoms with Gasteiger partial charge in [-0.25, -0.2) is 9.37 Å². The van der Waals surface area contributed by atoms with Gasteiger partial charge in [-0.15, -0.1) is 0 Å². The molecule has 0 aliphatic carbocycles. The molecule has 0 aliphatic heterocycles. The van der Waals surface area contributed by atoms with Crippen molar-refractivity contribution in [3.63, 3.8) is 0 Å². The van der Waals surface area contributed by atoms with Crippen molar-refractivity contribution in [2.75, 3.05) is 17.2 Å². The number of halogens is 4. The van der Waals surface area contributed by atoms with Gasteiger partial charge in [0.15, 0.2) is 0 Å². The van der Waals surface area contributed by atoms with Crippen molar-refractivity contribution in [3.8, 4) is 0 Å². The SMILES string of the molecule is CCNc1cc(C(F)(F)F)cc(Nc2ccc(F)cc2)n1. The van der Waals surface area contributed by atoms with Crippen molar-refractivity contribution >= 4 is 17.3 Å². The summed E-state index contributed by atoms with van der Waals surface area (Å²) in [6, 6.07) is 7.11. The standard InChI is InChI=1S/C14H13F4N3/c1-2-19-12-7-9(14(16,17)18)8-13(21-12)20-11-5-3-10(15)4-6-11/h3-8H,2H2,1H3,(H2,19,20,21). The summed E-state index contributed by atoms with van der Waals surface area (Å²) in [7, 11) is 0. The highest BCUT2D eigenvalue weighted by atomic mass is 19.4. The number of hydrogen-bond acceptors (Lipinski definition) is 3. The second kappa shape index (κ2) is 5.99. The molecule has 0 spiro atoms. The molecule has 0 radical (unpaired) electrons. The van der Waals surface area contributed by atoms with Crippen LogP contribution in [-0.2, 0) is 6.18 Å². The third-order valence-corrected chi connectivity index (χ3v) is 2.63. The molecule has 3 nitrogen and oxygen atoms in total. The molecule has 0 fully saturated rings. The Labute approximate surface area is 119 Å². The van der Waals surface area contributed by atoms with Crippen molar-refractivity contribution in [1.82, 2.24) is 4.98 Å². The fourth-order valence-corrected chi connectivity index (χ4v) is 1.71. The van der Waals surface area contributed by atoms with Gasteiger partial charge in [0, 0.05) is 12.2 Å². The van der Waals surface area contributed by atoms with Crippen LogP contribution in [0.3, 0.4) is 0 Å². The van der Waals surface area contributed by atoms with Crippen molar-refractivity contribution in [1.29, 1.82) is 0 Å². The van der Waals surface area contributed by atoms with Crippen LogP contribution in [0.25, 0.3) is 0 Å². The predicted molar refractivity (Wildman–Crippen MR) is 73.1 cm³/mol. The third kappa shape index (κ3) is 4.08. The fraction of sp³-hybridized carbons (Fsp3) is 0.214. The third-order valence-electron chi connectivity index (χ3n) is 2.63. The monoisotopic (exact) mass is 299 g/mol. The summed E-state index contributed by atoms with van der Waals surface area (Å²) in [6.07, 6.45) is -4.47. The van der Waals surface area contributed by atoms with Gasteiger partial charge in [-0.1, -0.05) is 0 Å². The van der Waals surface area contributed by atoms with E-state index in [9.17, 15) is 17.6 Å². The number of nitrogens with one attached hydrogen (secondary N) is 2. The minimum Gasteiger partial charge on any atom is -0.370 e. The maximum atomic E-state index is 12.8. The first-order chi connectivity index (χ1) is 9.88. The molecule has 0 bridgehead atoms. The Morgan fingerprint density at radius 3 is 2.24 bits per heavy atom. The minimum atomic E-state index is -4.47. The molecule has 1 aromatic carbocycles. The first-order valence-electron chi connectivity index (χ1n) is 6.24. The summed E-state index contributed by atoms with van der Waals surface area (Å²) in [6.45, 7) is 2.21. The van der Waals surface area contributed by atoms with Gasteiger partial charge in [-0.3, -0.25) is 0 Å². The Balaban J connectivity index is 2.33. The largest absolute Gasteiger partial charge is 0.416 e. The van der Waals surface area contributed by atoms with E-state index in [2.05, 4.69) is 15.6 Å². The molecule has 2 rings (SSSR count). The van der Waals surface area contributed by atoms with Crippen LogP contribution in [0.2, 0.25) is 0 Å². The molecule has 0 unspecified atom stereocenters. The molecule has 0 saturated carbocycles. The number of nitrogens with zero attached hydrogens (tertiary/aromatic N) is 1. The molecular weight excluding hydrogens is 286 g/mol. The maximum Gasteiger partial charge on any atom is 0.416 e. The number of pyridine rings is 1. The zero-order valence-electron chi connectivity index (χ0n) is 11.1. The lowest BCUT2D eigenvalue weighted by molar-refractivity contribution is -0.137. The van der Waals surface area contributed by atoms with Crippen LogP contribution < -0.4 is 10.6 Å². The lowest BCUT2D eigenvalue weighted by Gasteiger charge is -2.13. The zero-order valence-corrected chi connectivity index (χ0v) is 11.1. The van der Waals surface area contributed by atoms with Crippen LogP contribution in [0.1, 0.15) is 12.5 Å². The summed E-state index contributed by atoms with van der Waals surface area (Å²) in [5.41, 5.74) is -0.358. The van der Waals surface area contributed by atoms with Gasteiger partial charge in [0.05, 0.1) is 5.56 Å². The van der Waals surface area contributed by atoms with E-state index in [1.807, 2.05) is 0 Å². The molecule has 21 heavy (non-hydrogen) atoms. The van der Waals surface area contributed by atoms with Crippen LogP contribution in [0.4, 0.5) is 34.9 Å². The number of benzene rings is 1. The molecule has 0 aliphatic rings. The van der Waals surface area contributed by atoms with Crippen LogP contribution in [-0.4, -0.2) is 11.5 Å². The van der Waals surface area contributed by atoms with Crippen molar-refractivity contribution in [2.24, 2.45) is 0 Å². The van der Waals surface area contributed by atoms with Gasteiger partial charge in [0.2, 0.25) is 0 Å². The van der Waals surface area contributed by atoms with Gasteiger partial charge in [-0.05, 0) is 43.3 Å². The summed E-state index contributed by atoms with van der Waals surface area (Å²) in [4.78, 5) is 4.04. The summed E-state index contributed by atoms with van der Waals surface area (Å²) in [5.74, 6) is -0.268. The molecule has 0 amide bonds. The molecule has 2 aromatic rings. The average Bonchev–Trinajstić information content (AvgIpc) is 2.41. The second-order valence-corrected chi connectivity index (χ2v) is 4.29. The van der Waals surface area contributed by atoms with Gasteiger partial charge in [-0.2, -0.15) is 13.2 Å². The Morgan fingerprint density at radius 1 is 1.05 bits per heavy atom. The van der Waals surface area contributed by atoms with E-state index in [-0.39, 0.29) is 11.6 Å². The normalized spacial score (nSPS) is 11.3. The fourth-order valence-electron chi connectivity index (χ4n) is 1.71. The quantitative estimate of drug-likeness (QED) is 0.821. The Bertz CT molecular complexity index is 609. The highest BCUT2D eigenvalue weighted by molar-refractivity contribution is 5.59. The highest BCUT2D eigenvalue weighted by Gasteiger charge is 2.31. The smallest absolute Gasteiger partial charge is 0.370 e. The van der Waals surface area contributed by atoms with Crippen molar-refractivity contribution < 1.29 is 17.6 Å². The zero-order chi connectivity index (χ0) is 15.5. The lowest BCUT2D eigenvalue weighted by atomic mass is 10.2. The van der Waals surface area contributed by atoms with E-state index in [0.717, 1.165) is 12.1 Å². The lowest BCUT2D eigenvalue weighted by Crippen LogP contribution is -2.09. The first kappa shape index (κ1) is 15.1. The van der Waals surface area contributed by atoms with E-state index in [0.29, 0.717) is 12.2 Å². The molecule has 1 aromatic heterocycles. The first-order valence-corrected chi connectivity index (χ1v) is 6.24. The second-order valence-electron chi connectivity index (χ2n) is 4.29. The van der Waals surface area contributed by atoms with Crippen molar-refractivity contribution in [2.45, 2.75) is 13.1 Å². The Morgan fingerprint density at radius 2 is 1.67 bits per heavy atom. The minimum absolute atomic E-state index is 0.0346. The summed E-state index contributed by atoms with van der Waals surface area (Å²) >= 11 is 0. The van der Waals surface area contributed by atoms with Gasteiger partial charge in [0.25, 0.3) is 0 Å². The van der Waals surface area contributed by atoms with Gasteiger partial charge in [0.1, 0.15) is 17.5 Å². The van der Waals surface area contributed by atoms with E-state index in [4.69, 9.17) is 0 Å². The van der Waals surface area contributed by atoms with Crippen LogP contribution in [0.15, 0.2) is 36.4 Å². The molecular formula is C14H13F4N3. The summed E-state index contributed by atoms with van der Waals surface area (Å²) < 4.78 is 51.3. The van der Waals surface area contributed by atoms with E-state index in [1.54, 1.807) is 6.92 Å². The van der Waals surface area contributed by atoms with Gasteiger partial charge >= 0.3 is 6.18 Å². The average molecular weight is 299 g/mol. The number of alkyl halides is 3. The van der Waals surface area contributed by atoms with Crippen LogP contribution >= 0.6 is 0 Å². The molecule has 7 heteroatoms.